The molecule has 3 heteroatoms. The average molecular weight is 337 g/mol. The van der Waals surface area contributed by atoms with Crippen molar-refractivity contribution in [1.29, 1.82) is 0 Å². The van der Waals surface area contributed by atoms with Crippen molar-refractivity contribution in [2.75, 3.05) is 0 Å². The van der Waals surface area contributed by atoms with Gasteiger partial charge in [0, 0.05) is 18.3 Å². The lowest BCUT2D eigenvalue weighted by atomic mass is 9.51. The number of fused-ring (bicyclic) bond motifs is 4. The summed E-state index contributed by atoms with van der Waals surface area (Å²) in [6.45, 7) is 6.91. The molecule has 3 nitrogen and oxygen atoms in total. The minimum absolute atomic E-state index is 0.101. The van der Waals surface area contributed by atoms with Crippen LogP contribution in [0.2, 0.25) is 0 Å². The molecule has 1 saturated heterocycles. The van der Waals surface area contributed by atoms with E-state index in [0.29, 0.717) is 18.3 Å². The minimum Gasteiger partial charge on any atom is -0.389 e. The maximum absolute atomic E-state index is 11.9. The molecule has 0 aromatic heterocycles. The summed E-state index contributed by atoms with van der Waals surface area (Å²) < 4.78 is 6.68. The zero-order valence-electron chi connectivity index (χ0n) is 15.8. The van der Waals surface area contributed by atoms with Crippen LogP contribution in [0.25, 0.3) is 0 Å². The van der Waals surface area contributed by atoms with Gasteiger partial charge >= 0.3 is 0 Å². The van der Waals surface area contributed by atoms with Crippen LogP contribution >= 0.6 is 0 Å². The molecule has 4 fully saturated rings. The Hall–Kier alpha value is -0.120. The largest absolute Gasteiger partial charge is 0.389 e. The molecule has 4 aliphatic rings. The monoisotopic (exact) mass is 336 g/mol. The fourth-order valence-electron chi connectivity index (χ4n) is 6.64. The van der Waals surface area contributed by atoms with Crippen LogP contribution in [0.3, 0.4) is 0 Å². The lowest BCUT2D eigenvalue weighted by Gasteiger charge is -2.66. The maximum atomic E-state index is 11.9. The smallest absolute Gasteiger partial charge is 0.171 e. The first-order chi connectivity index (χ1) is 11.3. The van der Waals surface area contributed by atoms with E-state index in [9.17, 15) is 10.2 Å². The van der Waals surface area contributed by atoms with Crippen LogP contribution in [0.5, 0.6) is 0 Å². The molecule has 1 spiro atoms. The summed E-state index contributed by atoms with van der Waals surface area (Å²) >= 11 is 0. The van der Waals surface area contributed by atoms with Crippen LogP contribution in [0.15, 0.2) is 0 Å². The molecule has 0 amide bonds. The van der Waals surface area contributed by atoms with Crippen LogP contribution < -0.4 is 0 Å². The normalized spacial score (nSPS) is 58.1. The lowest BCUT2D eigenvalue weighted by Crippen LogP contribution is -2.73. The van der Waals surface area contributed by atoms with Gasteiger partial charge in [-0.25, -0.2) is 0 Å². The van der Waals surface area contributed by atoms with Crippen LogP contribution in [0.1, 0.15) is 85.0 Å². The van der Waals surface area contributed by atoms with E-state index in [4.69, 9.17) is 4.74 Å². The van der Waals surface area contributed by atoms with E-state index in [1.807, 2.05) is 0 Å². The van der Waals surface area contributed by atoms with Crippen molar-refractivity contribution in [3.63, 3.8) is 0 Å². The Morgan fingerprint density at radius 1 is 0.708 bits per heavy atom. The highest BCUT2D eigenvalue weighted by atomic mass is 16.6. The fourth-order valence-corrected chi connectivity index (χ4v) is 6.64. The average Bonchev–Trinajstić information content (AvgIpc) is 2.54. The second kappa shape index (κ2) is 5.69. The highest BCUT2D eigenvalue weighted by Gasteiger charge is 2.68. The van der Waals surface area contributed by atoms with Gasteiger partial charge in [0.2, 0.25) is 0 Å². The van der Waals surface area contributed by atoms with Gasteiger partial charge in [-0.2, -0.15) is 0 Å². The Labute approximate surface area is 147 Å². The van der Waals surface area contributed by atoms with Gasteiger partial charge in [-0.3, -0.25) is 0 Å². The van der Waals surface area contributed by atoms with E-state index in [1.165, 1.54) is 0 Å². The van der Waals surface area contributed by atoms with Crippen molar-refractivity contribution in [2.45, 2.75) is 102 Å². The van der Waals surface area contributed by atoms with Gasteiger partial charge in [0.25, 0.3) is 0 Å². The predicted octanol–water partition coefficient (Wildman–Crippen LogP) is 4.26. The van der Waals surface area contributed by atoms with Gasteiger partial charge in [0.1, 0.15) is 0 Å². The third-order valence-electron chi connectivity index (χ3n) is 8.20. The minimum atomic E-state index is -1.10. The van der Waals surface area contributed by atoms with Crippen LogP contribution in [0, 0.1) is 29.6 Å². The first-order valence-electron chi connectivity index (χ1n) is 10.4. The summed E-state index contributed by atoms with van der Waals surface area (Å²) in [5, 5.41) is 23.4. The van der Waals surface area contributed by atoms with E-state index < -0.39 is 11.4 Å². The molecule has 3 saturated carbocycles. The molecule has 0 aromatic rings. The van der Waals surface area contributed by atoms with Crippen molar-refractivity contribution in [3.8, 4) is 0 Å². The molecule has 1 aliphatic heterocycles. The van der Waals surface area contributed by atoms with Crippen molar-refractivity contribution in [1.82, 2.24) is 0 Å². The Balaban J connectivity index is 1.74. The Bertz CT molecular complexity index is 476. The van der Waals surface area contributed by atoms with E-state index in [-0.39, 0.29) is 17.4 Å². The molecule has 3 aliphatic carbocycles. The first-order valence-corrected chi connectivity index (χ1v) is 10.4. The molecule has 6 atom stereocenters. The zero-order valence-corrected chi connectivity index (χ0v) is 15.8. The topological polar surface area (TPSA) is 49.7 Å². The highest BCUT2D eigenvalue weighted by Crippen LogP contribution is 2.62. The summed E-state index contributed by atoms with van der Waals surface area (Å²) in [7, 11) is 0. The maximum Gasteiger partial charge on any atom is 0.171 e. The molecule has 0 radical (unpaired) electrons. The van der Waals surface area contributed by atoms with Crippen molar-refractivity contribution in [2.24, 2.45) is 29.6 Å². The van der Waals surface area contributed by atoms with Gasteiger partial charge in [-0.15, -0.1) is 0 Å². The molecule has 1 heterocycles. The Kier molecular flexibility index (Phi) is 4.10. The second-order valence-electron chi connectivity index (χ2n) is 10.0. The molecule has 4 rings (SSSR count). The van der Waals surface area contributed by atoms with Crippen molar-refractivity contribution >= 4 is 0 Å². The molecule has 24 heavy (non-hydrogen) atoms. The number of aliphatic hydroxyl groups is 2. The third kappa shape index (κ3) is 2.49. The zero-order chi connectivity index (χ0) is 17.2. The quantitative estimate of drug-likeness (QED) is 0.695. The van der Waals surface area contributed by atoms with Crippen LogP contribution in [-0.4, -0.2) is 27.2 Å². The second-order valence-corrected chi connectivity index (χ2v) is 10.0. The van der Waals surface area contributed by atoms with Gasteiger partial charge in [-0.05, 0) is 75.5 Å². The van der Waals surface area contributed by atoms with Crippen LogP contribution in [0.4, 0.5) is 0 Å². The van der Waals surface area contributed by atoms with E-state index >= 15 is 0 Å². The predicted molar refractivity (Wildman–Crippen MR) is 94.4 cm³/mol. The number of hydrogen-bond donors (Lipinski definition) is 2. The lowest BCUT2D eigenvalue weighted by molar-refractivity contribution is -0.404. The molecule has 2 N–H and O–H groups in total. The molecular weight excluding hydrogens is 300 g/mol. The standard InChI is InChI=1S/C21H36O3/c1-14-4-8-19(9-5-14)17-12-15(2)6-10-20(17,22)18-13-16(3)7-11-21(18,23)24-19/h14-18,22-23H,4-13H2,1-3H3/t14?,15-,16+,17+,18-,19?,20+,21-/m1/s1. The summed E-state index contributed by atoms with van der Waals surface area (Å²) in [5.41, 5.74) is -1.02. The highest BCUT2D eigenvalue weighted by molar-refractivity contribution is 5.14. The molecular formula is C21H36O3. The van der Waals surface area contributed by atoms with Crippen LogP contribution in [-0.2, 0) is 4.74 Å². The molecule has 0 aromatic carbocycles. The van der Waals surface area contributed by atoms with Crippen molar-refractivity contribution < 1.29 is 14.9 Å². The fraction of sp³-hybridized carbons (Fsp3) is 1.00. The Morgan fingerprint density at radius 3 is 1.92 bits per heavy atom. The SMILES string of the molecule is CC1CCC2(CC1)O[C@]1(O)CC[C@H](C)C[C@@H]1[C@]1(O)CC[C@@H](C)C[C@@H]21. The number of rotatable bonds is 0. The van der Waals surface area contributed by atoms with E-state index in [2.05, 4.69) is 20.8 Å². The van der Waals surface area contributed by atoms with Gasteiger partial charge < -0.3 is 14.9 Å². The number of hydrogen-bond acceptors (Lipinski definition) is 3. The van der Waals surface area contributed by atoms with Gasteiger partial charge in [-0.1, -0.05) is 20.8 Å². The molecule has 138 valence electrons. The number of ether oxygens (including phenoxy) is 1. The third-order valence-corrected chi connectivity index (χ3v) is 8.20. The Morgan fingerprint density at radius 2 is 1.25 bits per heavy atom. The van der Waals surface area contributed by atoms with E-state index in [1.54, 1.807) is 0 Å². The van der Waals surface area contributed by atoms with Gasteiger partial charge in [0.05, 0.1) is 11.2 Å². The first kappa shape index (κ1) is 17.3. The summed E-state index contributed by atoms with van der Waals surface area (Å²) in [4.78, 5) is 0. The molecule has 0 bridgehead atoms. The summed E-state index contributed by atoms with van der Waals surface area (Å²) in [5.74, 6) is 0.976. The van der Waals surface area contributed by atoms with Crippen molar-refractivity contribution in [3.05, 3.63) is 0 Å². The summed E-state index contributed by atoms with van der Waals surface area (Å²) in [6, 6.07) is 0. The summed E-state index contributed by atoms with van der Waals surface area (Å²) in [6.07, 6.45) is 9.96. The molecule has 0 unspecified atom stereocenters. The van der Waals surface area contributed by atoms with E-state index in [0.717, 1.165) is 63.7 Å². The van der Waals surface area contributed by atoms with Gasteiger partial charge in [0.15, 0.2) is 5.79 Å².